The molecule has 38 heavy (non-hydrogen) atoms. The van der Waals surface area contributed by atoms with E-state index >= 15 is 0 Å². The van der Waals surface area contributed by atoms with E-state index in [9.17, 15) is 17.2 Å². The second kappa shape index (κ2) is 9.84. The number of nitriles is 3. The molecule has 188 valence electrons. The van der Waals surface area contributed by atoms with E-state index in [-0.39, 0.29) is 11.5 Å². The minimum Gasteiger partial charge on any atom is -0.383 e. The van der Waals surface area contributed by atoms with Gasteiger partial charge in [-0.2, -0.15) is 15.8 Å². The van der Waals surface area contributed by atoms with E-state index in [2.05, 4.69) is 64.9 Å². The van der Waals surface area contributed by atoms with Crippen LogP contribution in [0.25, 0.3) is 10.9 Å². The number of hydrogen-bond donors (Lipinski definition) is 2. The zero-order chi connectivity index (χ0) is 27.8. The third-order valence-corrected chi connectivity index (χ3v) is 6.24. The molecule has 1 aliphatic carbocycles. The van der Waals surface area contributed by atoms with Crippen molar-refractivity contribution in [2.24, 2.45) is 5.41 Å². The molecule has 5 rings (SSSR count). The molecule has 9 nitrogen and oxygen atoms in total. The molecule has 0 aliphatic heterocycles. The van der Waals surface area contributed by atoms with Crippen LogP contribution in [0.5, 0.6) is 0 Å². The Hall–Kier alpha value is -4.94. The van der Waals surface area contributed by atoms with E-state index < -0.39 is 6.02 Å². The van der Waals surface area contributed by atoms with Crippen molar-refractivity contribution in [2.45, 2.75) is 45.7 Å². The first-order valence-electron chi connectivity index (χ1n) is 12.9. The van der Waals surface area contributed by atoms with Crippen LogP contribution in [0.3, 0.4) is 0 Å². The summed E-state index contributed by atoms with van der Waals surface area (Å²) in [6.45, 7) is 6.85. The van der Waals surface area contributed by atoms with Crippen molar-refractivity contribution in [1.29, 1.82) is 15.8 Å². The zero-order valence-corrected chi connectivity index (χ0v) is 21.4. The Kier molecular flexibility index (Phi) is 6.08. The van der Waals surface area contributed by atoms with Crippen LogP contribution < -0.4 is 10.6 Å². The Bertz CT molecular complexity index is 1690. The molecule has 9 heteroatoms. The fraction of sp³-hybridized carbons (Fsp3) is 0.310. The van der Waals surface area contributed by atoms with Crippen molar-refractivity contribution in [2.75, 3.05) is 17.2 Å². The van der Waals surface area contributed by atoms with Crippen molar-refractivity contribution in [1.82, 2.24) is 20.0 Å². The number of nitrogens with zero attached hydrogens (tertiary/aromatic N) is 7. The highest BCUT2D eigenvalue weighted by Crippen LogP contribution is 2.36. The highest BCUT2D eigenvalue weighted by molar-refractivity contribution is 5.99. The number of aromatic nitrogens is 4. The average molecular weight is 503 g/mol. The fourth-order valence-electron chi connectivity index (χ4n) is 4.17. The lowest BCUT2D eigenvalue weighted by Gasteiger charge is -2.22. The number of rotatable bonds is 7. The van der Waals surface area contributed by atoms with E-state index in [1.165, 1.54) is 6.20 Å². The molecule has 0 saturated heterocycles. The summed E-state index contributed by atoms with van der Waals surface area (Å²) in [4.78, 5) is 4.41. The summed E-state index contributed by atoms with van der Waals surface area (Å²) in [6.07, 6.45) is 5.26. The fourth-order valence-corrected chi connectivity index (χ4v) is 4.17. The van der Waals surface area contributed by atoms with E-state index in [4.69, 9.17) is 0 Å². The maximum absolute atomic E-state index is 10.00. The van der Waals surface area contributed by atoms with E-state index in [0.717, 1.165) is 12.8 Å². The Labute approximate surface area is 222 Å². The molecule has 2 heterocycles. The van der Waals surface area contributed by atoms with Crippen LogP contribution in [0.2, 0.25) is 0 Å². The third-order valence-electron chi connectivity index (χ3n) is 6.24. The van der Waals surface area contributed by atoms with Gasteiger partial charge in [0.2, 0.25) is 0 Å². The van der Waals surface area contributed by atoms with Crippen molar-refractivity contribution in [3.63, 3.8) is 0 Å². The van der Waals surface area contributed by atoms with Gasteiger partial charge in [0.05, 0.1) is 53.6 Å². The minimum absolute atomic E-state index is 0.0638. The highest BCUT2D eigenvalue weighted by atomic mass is 15.4. The van der Waals surface area contributed by atoms with Gasteiger partial charge < -0.3 is 10.6 Å². The van der Waals surface area contributed by atoms with Gasteiger partial charge in [0.1, 0.15) is 17.8 Å². The van der Waals surface area contributed by atoms with Gasteiger partial charge in [-0.05, 0) is 48.1 Å². The molecule has 0 bridgehead atoms. The molecule has 0 unspecified atom stereocenters. The summed E-state index contributed by atoms with van der Waals surface area (Å²) in [7, 11) is 0. The number of pyridine rings is 1. The second-order valence-corrected chi connectivity index (χ2v) is 10.6. The summed E-state index contributed by atoms with van der Waals surface area (Å²) in [5, 5.41) is 45.1. The van der Waals surface area contributed by atoms with Gasteiger partial charge in [0.25, 0.3) is 0 Å². The minimum atomic E-state index is -1.63. The van der Waals surface area contributed by atoms with Gasteiger partial charge in [-0.15, -0.1) is 5.10 Å². The SMILES string of the molecule is [2H][C@](Nc1cc(C#N)c2ncc(C#N)c(NCC(C)(C)C)c2c1)(c1cccc(C#N)c1)c1cn(C2CC2)nn1. The first kappa shape index (κ1) is 23.5. The van der Waals surface area contributed by atoms with Crippen LogP contribution in [0.1, 0.15) is 75.0 Å². The topological polar surface area (TPSA) is 139 Å². The van der Waals surface area contributed by atoms with Gasteiger partial charge in [0, 0.05) is 23.8 Å². The highest BCUT2D eigenvalue weighted by Gasteiger charge is 2.27. The maximum atomic E-state index is 10.00. The molecular weight excluding hydrogens is 474 g/mol. The van der Waals surface area contributed by atoms with Gasteiger partial charge in [0.15, 0.2) is 0 Å². The molecule has 4 aromatic rings. The molecule has 1 saturated carbocycles. The second-order valence-electron chi connectivity index (χ2n) is 10.6. The van der Waals surface area contributed by atoms with E-state index in [0.29, 0.717) is 56.8 Å². The van der Waals surface area contributed by atoms with Gasteiger partial charge in [-0.25, -0.2) is 4.68 Å². The quantitative estimate of drug-likeness (QED) is 0.341. The Morgan fingerprint density at radius 1 is 1.11 bits per heavy atom. The molecule has 1 aliphatic rings. The van der Waals surface area contributed by atoms with Crippen LogP contribution >= 0.6 is 0 Å². The smallest absolute Gasteiger partial charge is 0.109 e. The molecule has 1 fully saturated rings. The molecule has 2 N–H and O–H groups in total. The lowest BCUT2D eigenvalue weighted by molar-refractivity contribution is 0.443. The van der Waals surface area contributed by atoms with Gasteiger partial charge >= 0.3 is 0 Å². The molecular formula is C29H27N9. The largest absolute Gasteiger partial charge is 0.383 e. The van der Waals surface area contributed by atoms with E-state index in [1.54, 1.807) is 47.3 Å². The first-order valence-corrected chi connectivity index (χ1v) is 12.4. The number of fused-ring (bicyclic) bond motifs is 1. The zero-order valence-electron chi connectivity index (χ0n) is 22.4. The van der Waals surface area contributed by atoms with Crippen LogP contribution in [0, 0.1) is 39.4 Å². The summed E-state index contributed by atoms with van der Waals surface area (Å²) < 4.78 is 11.4. The molecule has 0 radical (unpaired) electrons. The summed E-state index contributed by atoms with van der Waals surface area (Å²) >= 11 is 0. The van der Waals surface area contributed by atoms with Crippen LogP contribution in [0.15, 0.2) is 48.8 Å². The summed E-state index contributed by atoms with van der Waals surface area (Å²) in [6, 6.07) is 15.4. The maximum Gasteiger partial charge on any atom is 0.109 e. The standard InChI is InChI=1S/C29H27N9/c1-29(2,3)17-34-27-21(14-32)15-33-26-20(13-31)10-22(11-24(26)27)35-28(19-6-4-5-18(9-19)12-30)25-16-38(37-36-25)23-7-8-23/h4-6,9-11,15-16,23,28,35H,7-8,17H2,1-3H3,(H,33,34)/t28-/m0/s1/i28D. The predicted molar refractivity (Wildman–Crippen MR) is 144 cm³/mol. The first-order chi connectivity index (χ1) is 18.6. The van der Waals surface area contributed by atoms with Crippen LogP contribution in [0.4, 0.5) is 11.4 Å². The lowest BCUT2D eigenvalue weighted by Crippen LogP contribution is -2.20. The molecule has 2 aromatic carbocycles. The molecule has 0 spiro atoms. The third kappa shape index (κ3) is 5.12. The Morgan fingerprint density at radius 3 is 2.58 bits per heavy atom. The normalized spacial score (nSPS) is 15.0. The average Bonchev–Trinajstić information content (AvgIpc) is 3.66. The molecule has 2 aromatic heterocycles. The van der Waals surface area contributed by atoms with Crippen molar-refractivity contribution in [3.05, 3.63) is 76.7 Å². The monoisotopic (exact) mass is 502 g/mol. The number of anilines is 2. The summed E-state index contributed by atoms with van der Waals surface area (Å²) in [5.41, 5.74) is 3.37. The molecule has 1 atom stereocenters. The van der Waals surface area contributed by atoms with Crippen LogP contribution in [-0.2, 0) is 0 Å². The number of benzene rings is 2. The van der Waals surface area contributed by atoms with Gasteiger partial charge in [-0.1, -0.05) is 38.1 Å². The van der Waals surface area contributed by atoms with Crippen LogP contribution in [-0.4, -0.2) is 26.5 Å². The van der Waals surface area contributed by atoms with Gasteiger partial charge in [-0.3, -0.25) is 4.98 Å². The predicted octanol–water partition coefficient (Wildman–Crippen LogP) is 5.44. The van der Waals surface area contributed by atoms with E-state index in [1.807, 2.05) is 0 Å². The molecule has 0 amide bonds. The number of hydrogen-bond acceptors (Lipinski definition) is 8. The van der Waals surface area contributed by atoms with Crippen molar-refractivity contribution >= 4 is 22.3 Å². The van der Waals surface area contributed by atoms with Crippen molar-refractivity contribution < 1.29 is 1.37 Å². The summed E-state index contributed by atoms with van der Waals surface area (Å²) in [5.74, 6) is 0. The van der Waals surface area contributed by atoms with Crippen molar-refractivity contribution in [3.8, 4) is 18.2 Å². The number of nitrogens with one attached hydrogen (secondary N) is 2. The Balaban J connectivity index is 1.67. The Morgan fingerprint density at radius 2 is 1.89 bits per heavy atom. The lowest BCUT2D eigenvalue weighted by atomic mass is 9.96.